The van der Waals surface area contributed by atoms with Crippen LogP contribution in [0.25, 0.3) is 11.6 Å². The van der Waals surface area contributed by atoms with E-state index in [2.05, 4.69) is 44.7 Å². The molecule has 0 aliphatic rings. The first-order valence-electron chi connectivity index (χ1n) is 6.31. The highest BCUT2D eigenvalue weighted by atomic mass is 35.5. The topological polar surface area (TPSA) is 0 Å². The fourth-order valence-corrected chi connectivity index (χ4v) is 2.29. The molecule has 2 aromatic carbocycles. The second kappa shape index (κ2) is 5.90. The molecule has 0 aliphatic carbocycles. The Morgan fingerprint density at radius 1 is 1.11 bits per heavy atom. The van der Waals surface area contributed by atoms with Gasteiger partial charge in [0.15, 0.2) is 0 Å². The Morgan fingerprint density at radius 2 is 1.79 bits per heavy atom. The third-order valence-corrected chi connectivity index (χ3v) is 3.42. The molecular weight excluding hydrogens is 252 g/mol. The molecule has 0 amide bonds. The van der Waals surface area contributed by atoms with Gasteiger partial charge in [-0.15, -0.1) is 0 Å². The minimum atomic E-state index is 0.749. The van der Waals surface area contributed by atoms with Crippen LogP contribution < -0.4 is 10.4 Å². The fraction of sp³-hybridized carbons (Fsp3) is 0.111. The van der Waals surface area contributed by atoms with Gasteiger partial charge in [0.1, 0.15) is 0 Å². The van der Waals surface area contributed by atoms with Crippen LogP contribution in [-0.4, -0.2) is 0 Å². The Balaban J connectivity index is 2.83. The van der Waals surface area contributed by atoms with Crippen molar-refractivity contribution in [2.45, 2.75) is 13.8 Å². The molecule has 0 aliphatic heterocycles. The van der Waals surface area contributed by atoms with Crippen LogP contribution in [0.2, 0.25) is 5.02 Å². The van der Waals surface area contributed by atoms with Gasteiger partial charge in [0, 0.05) is 5.02 Å². The Kier molecular flexibility index (Phi) is 4.24. The zero-order valence-corrected chi connectivity index (χ0v) is 12.0. The minimum Gasteiger partial charge on any atom is -0.0984 e. The van der Waals surface area contributed by atoms with Crippen LogP contribution in [0.15, 0.2) is 55.1 Å². The maximum absolute atomic E-state index is 5.95. The molecule has 0 radical (unpaired) electrons. The third kappa shape index (κ3) is 2.97. The lowest BCUT2D eigenvalue weighted by atomic mass is 10.0. The average molecular weight is 269 g/mol. The van der Waals surface area contributed by atoms with E-state index in [9.17, 15) is 0 Å². The highest BCUT2D eigenvalue weighted by Crippen LogP contribution is 2.15. The second-order valence-electron chi connectivity index (χ2n) is 4.50. The number of aryl methyl sites for hydroxylation is 1. The predicted octanol–water partition coefficient (Wildman–Crippen LogP) is 3.83. The first-order chi connectivity index (χ1) is 9.15. The Hall–Kier alpha value is -1.79. The lowest BCUT2D eigenvalue weighted by Crippen LogP contribution is -2.26. The average Bonchev–Trinajstić information content (AvgIpc) is 2.42. The molecule has 2 aromatic rings. The molecular formula is C18H17Cl. The van der Waals surface area contributed by atoms with E-state index in [0.717, 1.165) is 16.2 Å². The maximum Gasteiger partial charge on any atom is 0.0406 e. The molecule has 0 fully saturated rings. The summed E-state index contributed by atoms with van der Waals surface area (Å²) in [5, 5.41) is 3.17. The number of allylic oxidation sites excluding steroid dienone is 1. The molecule has 1 heteroatoms. The van der Waals surface area contributed by atoms with E-state index in [1.54, 1.807) is 0 Å². The van der Waals surface area contributed by atoms with Crippen LogP contribution in [-0.2, 0) is 0 Å². The van der Waals surface area contributed by atoms with E-state index < -0.39 is 0 Å². The number of halogens is 1. The van der Waals surface area contributed by atoms with Gasteiger partial charge in [-0.3, -0.25) is 0 Å². The Bertz CT molecular complexity index is 706. The molecule has 2 rings (SSSR count). The van der Waals surface area contributed by atoms with E-state index in [-0.39, 0.29) is 0 Å². The summed E-state index contributed by atoms with van der Waals surface area (Å²) in [5.74, 6) is 0. The van der Waals surface area contributed by atoms with Crippen LogP contribution in [0.3, 0.4) is 0 Å². The van der Waals surface area contributed by atoms with Crippen LogP contribution in [0, 0.1) is 6.92 Å². The van der Waals surface area contributed by atoms with E-state index in [1.807, 2.05) is 30.3 Å². The number of benzene rings is 2. The van der Waals surface area contributed by atoms with Crippen molar-refractivity contribution in [3.63, 3.8) is 0 Å². The highest BCUT2D eigenvalue weighted by molar-refractivity contribution is 6.30. The monoisotopic (exact) mass is 268 g/mol. The molecule has 0 bridgehead atoms. The smallest absolute Gasteiger partial charge is 0.0406 e. The summed E-state index contributed by atoms with van der Waals surface area (Å²) in [4.78, 5) is 0. The summed E-state index contributed by atoms with van der Waals surface area (Å²) < 4.78 is 0. The van der Waals surface area contributed by atoms with Crippen molar-refractivity contribution in [3.8, 4) is 0 Å². The molecule has 0 spiro atoms. The van der Waals surface area contributed by atoms with Gasteiger partial charge >= 0.3 is 0 Å². The van der Waals surface area contributed by atoms with Crippen molar-refractivity contribution in [1.29, 1.82) is 0 Å². The van der Waals surface area contributed by atoms with Gasteiger partial charge in [-0.1, -0.05) is 66.2 Å². The fourth-order valence-electron chi connectivity index (χ4n) is 2.17. The van der Waals surface area contributed by atoms with Gasteiger partial charge in [0.05, 0.1) is 0 Å². The standard InChI is InChI=1S/C18H17Cl/c1-4-14-7-6-13(3)12-18(14)17(5-2)15-8-10-16(19)11-9-15/h4-12H,2H2,1,3H3/b14-4-,18-17+. The number of hydrogen-bond donors (Lipinski definition) is 0. The van der Waals surface area contributed by atoms with Crippen LogP contribution >= 0.6 is 11.6 Å². The van der Waals surface area contributed by atoms with E-state index >= 15 is 0 Å². The molecule has 0 nitrogen and oxygen atoms in total. The molecule has 0 N–H and O–H groups in total. The van der Waals surface area contributed by atoms with Gasteiger partial charge in [-0.25, -0.2) is 0 Å². The van der Waals surface area contributed by atoms with Gasteiger partial charge in [-0.2, -0.15) is 0 Å². The lowest BCUT2D eigenvalue weighted by molar-refractivity contribution is 1.38. The molecule has 96 valence electrons. The lowest BCUT2D eigenvalue weighted by Gasteiger charge is -2.05. The predicted molar refractivity (Wildman–Crippen MR) is 84.7 cm³/mol. The SMILES string of the molecule is C=C/C(c1ccc(Cl)cc1)=c1/cc(C)cc/c1=C/C. The molecule has 0 unspecified atom stereocenters. The van der Waals surface area contributed by atoms with Crippen molar-refractivity contribution in [3.05, 3.63) is 81.7 Å². The Morgan fingerprint density at radius 3 is 2.37 bits per heavy atom. The highest BCUT2D eigenvalue weighted by Gasteiger charge is 2.00. The third-order valence-electron chi connectivity index (χ3n) is 3.17. The first-order valence-corrected chi connectivity index (χ1v) is 6.69. The number of hydrogen-bond acceptors (Lipinski definition) is 0. The van der Waals surface area contributed by atoms with E-state index in [0.29, 0.717) is 0 Å². The summed E-state index contributed by atoms with van der Waals surface area (Å²) in [7, 11) is 0. The zero-order valence-electron chi connectivity index (χ0n) is 11.3. The van der Waals surface area contributed by atoms with E-state index in [4.69, 9.17) is 11.6 Å². The molecule has 0 aromatic heterocycles. The van der Waals surface area contributed by atoms with Gasteiger partial charge in [-0.05, 0) is 47.6 Å². The van der Waals surface area contributed by atoms with Crippen molar-refractivity contribution in [2.24, 2.45) is 0 Å². The van der Waals surface area contributed by atoms with Crippen molar-refractivity contribution in [1.82, 2.24) is 0 Å². The van der Waals surface area contributed by atoms with Crippen LogP contribution in [0.5, 0.6) is 0 Å². The zero-order chi connectivity index (χ0) is 13.8. The normalized spacial score (nSPS) is 13.3. The molecule has 0 saturated heterocycles. The summed E-state index contributed by atoms with van der Waals surface area (Å²) in [6.07, 6.45) is 4.03. The number of rotatable bonds is 2. The quantitative estimate of drug-likeness (QED) is 0.776. The van der Waals surface area contributed by atoms with Gasteiger partial charge < -0.3 is 0 Å². The molecule has 19 heavy (non-hydrogen) atoms. The molecule has 0 heterocycles. The van der Waals surface area contributed by atoms with E-state index in [1.165, 1.54) is 16.0 Å². The maximum atomic E-state index is 5.95. The van der Waals surface area contributed by atoms with Gasteiger partial charge in [0.2, 0.25) is 0 Å². The van der Waals surface area contributed by atoms with Crippen LogP contribution in [0.4, 0.5) is 0 Å². The summed E-state index contributed by atoms with van der Waals surface area (Å²) >= 11 is 5.95. The van der Waals surface area contributed by atoms with Crippen molar-refractivity contribution < 1.29 is 0 Å². The van der Waals surface area contributed by atoms with Crippen LogP contribution in [0.1, 0.15) is 18.1 Å². The summed E-state index contributed by atoms with van der Waals surface area (Å²) in [6, 6.07) is 14.3. The Labute approximate surface area is 119 Å². The van der Waals surface area contributed by atoms with Crippen molar-refractivity contribution in [2.75, 3.05) is 0 Å². The molecule has 0 atom stereocenters. The minimum absolute atomic E-state index is 0.749. The molecule has 0 saturated carbocycles. The van der Waals surface area contributed by atoms with Gasteiger partial charge in [0.25, 0.3) is 0 Å². The largest absolute Gasteiger partial charge is 0.0984 e. The van der Waals surface area contributed by atoms with Crippen molar-refractivity contribution >= 4 is 23.3 Å². The first kappa shape index (κ1) is 13.6. The summed E-state index contributed by atoms with van der Waals surface area (Å²) in [5.41, 5.74) is 3.51. The second-order valence-corrected chi connectivity index (χ2v) is 4.94. The summed E-state index contributed by atoms with van der Waals surface area (Å²) in [6.45, 7) is 8.11.